The van der Waals surface area contributed by atoms with Crippen LogP contribution in [-0.4, -0.2) is 19.8 Å². The van der Waals surface area contributed by atoms with E-state index in [4.69, 9.17) is 5.73 Å². The fourth-order valence-electron chi connectivity index (χ4n) is 0.715. The number of nitrogens with zero attached hydrogens (tertiary/aromatic N) is 1. The van der Waals surface area contributed by atoms with Gasteiger partial charge in [0.25, 0.3) is 0 Å². The zero-order valence-electron chi connectivity index (χ0n) is 6.81. The molecule has 1 aromatic rings. The Morgan fingerprint density at radius 2 is 2.25 bits per heavy atom. The molecular weight excluding hydrogens is 180 g/mol. The number of anilines is 1. The predicted octanol–water partition coefficient (Wildman–Crippen LogP) is 0.362. The molecule has 0 saturated carbocycles. The monoisotopic (exact) mass is 190 g/mol. The maximum Gasteiger partial charge on any atom is 0.222 e. The van der Waals surface area contributed by atoms with E-state index in [0.29, 0.717) is 5.69 Å². The van der Waals surface area contributed by atoms with Crippen LogP contribution in [0, 0.1) is 0 Å². The lowest BCUT2D eigenvalue weighted by molar-refractivity contribution is 0.426. The van der Waals surface area contributed by atoms with Crippen molar-refractivity contribution in [1.29, 1.82) is 0 Å². The SMILES string of the molecule is CC(c1cc(N)on1)S(C)(=O)=O. The van der Waals surface area contributed by atoms with Crippen LogP contribution in [0.3, 0.4) is 0 Å². The standard InChI is InChI=1S/C6H10N2O3S/c1-4(12(2,9)10)5-3-6(7)11-8-5/h3-4H,7H2,1-2H3. The van der Waals surface area contributed by atoms with E-state index in [2.05, 4.69) is 9.68 Å². The molecule has 1 aromatic heterocycles. The minimum atomic E-state index is -3.12. The van der Waals surface area contributed by atoms with Crippen molar-refractivity contribution in [2.45, 2.75) is 12.2 Å². The van der Waals surface area contributed by atoms with Crippen LogP contribution >= 0.6 is 0 Å². The second-order valence-electron chi connectivity index (χ2n) is 2.63. The third-order valence-electron chi connectivity index (χ3n) is 1.61. The molecule has 2 N–H and O–H groups in total. The van der Waals surface area contributed by atoms with Crippen molar-refractivity contribution < 1.29 is 12.9 Å². The molecule has 0 aliphatic heterocycles. The second kappa shape index (κ2) is 2.78. The summed E-state index contributed by atoms with van der Waals surface area (Å²) in [5.41, 5.74) is 5.58. The summed E-state index contributed by atoms with van der Waals surface area (Å²) in [7, 11) is -3.12. The van der Waals surface area contributed by atoms with Gasteiger partial charge in [-0.1, -0.05) is 5.16 Å². The van der Waals surface area contributed by atoms with Gasteiger partial charge in [0.05, 0.1) is 0 Å². The highest BCUT2D eigenvalue weighted by Gasteiger charge is 2.20. The smallest absolute Gasteiger partial charge is 0.222 e. The third kappa shape index (κ3) is 1.76. The van der Waals surface area contributed by atoms with E-state index in [1.807, 2.05) is 0 Å². The van der Waals surface area contributed by atoms with Crippen molar-refractivity contribution in [3.8, 4) is 0 Å². The molecule has 0 amide bonds. The molecule has 0 aliphatic carbocycles. The van der Waals surface area contributed by atoms with Crippen molar-refractivity contribution >= 4 is 15.7 Å². The molecule has 0 spiro atoms. The van der Waals surface area contributed by atoms with Crippen LogP contribution in [-0.2, 0) is 9.84 Å². The van der Waals surface area contributed by atoms with E-state index in [9.17, 15) is 8.42 Å². The number of hydrogen-bond donors (Lipinski definition) is 1. The molecule has 1 rings (SSSR count). The number of hydrogen-bond acceptors (Lipinski definition) is 5. The molecule has 0 saturated heterocycles. The molecule has 0 aliphatic rings. The van der Waals surface area contributed by atoms with Crippen molar-refractivity contribution in [3.63, 3.8) is 0 Å². The lowest BCUT2D eigenvalue weighted by Crippen LogP contribution is -2.07. The molecule has 6 heteroatoms. The molecule has 1 heterocycles. The largest absolute Gasteiger partial charge is 0.368 e. The molecule has 0 radical (unpaired) electrons. The van der Waals surface area contributed by atoms with Gasteiger partial charge in [0, 0.05) is 12.3 Å². The summed E-state index contributed by atoms with van der Waals surface area (Å²) in [6.45, 7) is 1.53. The normalized spacial score (nSPS) is 14.5. The first kappa shape index (κ1) is 9.05. The summed E-state index contributed by atoms with van der Waals surface area (Å²) in [6.07, 6.45) is 1.14. The molecule has 0 bridgehead atoms. The van der Waals surface area contributed by atoms with Crippen molar-refractivity contribution in [2.24, 2.45) is 0 Å². The van der Waals surface area contributed by atoms with E-state index in [1.54, 1.807) is 0 Å². The first-order valence-corrected chi connectivity index (χ1v) is 5.27. The van der Waals surface area contributed by atoms with Crippen LogP contribution < -0.4 is 5.73 Å². The molecule has 12 heavy (non-hydrogen) atoms. The van der Waals surface area contributed by atoms with Gasteiger partial charge < -0.3 is 10.3 Å². The summed E-state index contributed by atoms with van der Waals surface area (Å²) < 4.78 is 26.6. The number of nitrogen functional groups attached to an aromatic ring is 1. The van der Waals surface area contributed by atoms with Gasteiger partial charge in [0.2, 0.25) is 5.88 Å². The van der Waals surface area contributed by atoms with Gasteiger partial charge in [-0.05, 0) is 6.92 Å². The Morgan fingerprint density at radius 3 is 2.58 bits per heavy atom. The molecule has 1 unspecified atom stereocenters. The number of sulfone groups is 1. The zero-order valence-corrected chi connectivity index (χ0v) is 7.63. The Morgan fingerprint density at radius 1 is 1.67 bits per heavy atom. The number of rotatable bonds is 2. The van der Waals surface area contributed by atoms with E-state index >= 15 is 0 Å². The number of nitrogens with two attached hydrogens (primary N) is 1. The van der Waals surface area contributed by atoms with Crippen LogP contribution in [0.25, 0.3) is 0 Å². The van der Waals surface area contributed by atoms with Gasteiger partial charge in [-0.15, -0.1) is 0 Å². The number of aromatic nitrogens is 1. The van der Waals surface area contributed by atoms with Crippen molar-refractivity contribution in [2.75, 3.05) is 12.0 Å². The Kier molecular flexibility index (Phi) is 2.10. The minimum absolute atomic E-state index is 0.125. The highest BCUT2D eigenvalue weighted by molar-refractivity contribution is 7.90. The average molecular weight is 190 g/mol. The van der Waals surface area contributed by atoms with E-state index in [1.165, 1.54) is 13.0 Å². The van der Waals surface area contributed by atoms with Gasteiger partial charge in [0.1, 0.15) is 10.9 Å². The quantitative estimate of drug-likeness (QED) is 0.727. The van der Waals surface area contributed by atoms with Crippen molar-refractivity contribution in [3.05, 3.63) is 11.8 Å². The molecule has 0 fully saturated rings. The lowest BCUT2D eigenvalue weighted by atomic mass is 10.3. The van der Waals surface area contributed by atoms with E-state index in [-0.39, 0.29) is 5.88 Å². The van der Waals surface area contributed by atoms with Gasteiger partial charge >= 0.3 is 0 Å². The summed E-state index contributed by atoms with van der Waals surface area (Å²) >= 11 is 0. The van der Waals surface area contributed by atoms with E-state index < -0.39 is 15.1 Å². The highest BCUT2D eigenvalue weighted by atomic mass is 32.2. The molecule has 1 atom stereocenters. The summed E-state index contributed by atoms with van der Waals surface area (Å²) in [4.78, 5) is 0. The molecule has 5 nitrogen and oxygen atoms in total. The van der Waals surface area contributed by atoms with Crippen LogP contribution in [0.15, 0.2) is 10.6 Å². The third-order valence-corrected chi connectivity index (χ3v) is 3.13. The maximum atomic E-state index is 11.0. The van der Waals surface area contributed by atoms with Gasteiger partial charge in [0.15, 0.2) is 9.84 Å². The Bertz CT molecular complexity index is 368. The fraction of sp³-hybridized carbons (Fsp3) is 0.500. The van der Waals surface area contributed by atoms with Crippen LogP contribution in [0.2, 0.25) is 0 Å². The fourth-order valence-corrected chi connectivity index (χ4v) is 1.26. The topological polar surface area (TPSA) is 86.2 Å². The molecular formula is C6H10N2O3S. The van der Waals surface area contributed by atoms with Gasteiger partial charge in [-0.25, -0.2) is 8.42 Å². The zero-order chi connectivity index (χ0) is 9.35. The lowest BCUT2D eigenvalue weighted by Gasteiger charge is -2.02. The van der Waals surface area contributed by atoms with Crippen LogP contribution in [0.5, 0.6) is 0 Å². The Balaban J connectivity index is 3.01. The predicted molar refractivity (Wildman–Crippen MR) is 44.2 cm³/mol. The first-order valence-electron chi connectivity index (χ1n) is 3.32. The summed E-state index contributed by atoms with van der Waals surface area (Å²) in [6, 6.07) is 1.41. The molecule has 0 aromatic carbocycles. The van der Waals surface area contributed by atoms with Crippen molar-refractivity contribution in [1.82, 2.24) is 5.16 Å². The van der Waals surface area contributed by atoms with E-state index in [0.717, 1.165) is 6.26 Å². The van der Waals surface area contributed by atoms with Gasteiger partial charge in [-0.2, -0.15) is 0 Å². The molecule has 68 valence electrons. The maximum absolute atomic E-state index is 11.0. The van der Waals surface area contributed by atoms with Crippen LogP contribution in [0.1, 0.15) is 17.9 Å². The minimum Gasteiger partial charge on any atom is -0.368 e. The van der Waals surface area contributed by atoms with Gasteiger partial charge in [-0.3, -0.25) is 0 Å². The Hall–Kier alpha value is -1.04. The Labute approximate surface area is 70.5 Å². The van der Waals surface area contributed by atoms with Crippen LogP contribution in [0.4, 0.5) is 5.88 Å². The highest BCUT2D eigenvalue weighted by Crippen LogP contribution is 2.20. The first-order chi connectivity index (χ1) is 5.41. The summed E-state index contributed by atoms with van der Waals surface area (Å²) in [5, 5.41) is 2.83. The summed E-state index contributed by atoms with van der Waals surface area (Å²) in [5.74, 6) is 0.125. The average Bonchev–Trinajstić information content (AvgIpc) is 2.32. The second-order valence-corrected chi connectivity index (χ2v) is 4.99.